The second-order valence-corrected chi connectivity index (χ2v) is 7.41. The fourth-order valence-electron chi connectivity index (χ4n) is 3.54. The molecule has 3 aromatic heterocycles. The SMILES string of the molecule is COc1cccc2cc(C(=O)Nc3ccc(Nc4cccc5nc(C(F)(F)F)cn45)cc3)oc12. The van der Waals surface area contributed by atoms with Crippen molar-refractivity contribution in [1.29, 1.82) is 0 Å². The summed E-state index contributed by atoms with van der Waals surface area (Å²) in [6.45, 7) is 0. The summed E-state index contributed by atoms with van der Waals surface area (Å²) >= 11 is 0. The molecule has 2 aromatic carbocycles. The average molecular weight is 466 g/mol. The Kier molecular flexibility index (Phi) is 5.12. The summed E-state index contributed by atoms with van der Waals surface area (Å²) in [7, 11) is 1.52. The number of carbonyl (C=O) groups is 1. The molecule has 0 bridgehead atoms. The van der Waals surface area contributed by atoms with Crippen LogP contribution in [0.15, 0.2) is 77.3 Å². The third-order valence-corrected chi connectivity index (χ3v) is 5.15. The lowest BCUT2D eigenvalue weighted by Gasteiger charge is -2.10. The molecule has 0 spiro atoms. The van der Waals surface area contributed by atoms with Crippen LogP contribution in [0.3, 0.4) is 0 Å². The van der Waals surface area contributed by atoms with Gasteiger partial charge in [0.2, 0.25) is 0 Å². The van der Waals surface area contributed by atoms with Crippen molar-refractivity contribution in [3.05, 3.63) is 84.4 Å². The summed E-state index contributed by atoms with van der Waals surface area (Å²) in [6.07, 6.45) is -3.59. The molecule has 0 aliphatic rings. The third kappa shape index (κ3) is 4.01. The van der Waals surface area contributed by atoms with Gasteiger partial charge in [0.15, 0.2) is 22.8 Å². The Morgan fingerprint density at radius 3 is 2.50 bits per heavy atom. The number of fused-ring (bicyclic) bond motifs is 2. The Hall–Kier alpha value is -4.47. The molecule has 0 radical (unpaired) electrons. The molecule has 172 valence electrons. The number of rotatable bonds is 5. The number of halogens is 3. The highest BCUT2D eigenvalue weighted by atomic mass is 19.4. The molecule has 0 aliphatic heterocycles. The Morgan fingerprint density at radius 1 is 1.03 bits per heavy atom. The first kappa shape index (κ1) is 21.4. The second-order valence-electron chi connectivity index (χ2n) is 7.41. The van der Waals surface area contributed by atoms with Gasteiger partial charge in [-0.1, -0.05) is 18.2 Å². The summed E-state index contributed by atoms with van der Waals surface area (Å²) in [5.41, 5.74) is 0.813. The van der Waals surface area contributed by atoms with Crippen LogP contribution >= 0.6 is 0 Å². The lowest BCUT2D eigenvalue weighted by molar-refractivity contribution is -0.140. The molecule has 5 rings (SSSR count). The number of nitrogens with one attached hydrogen (secondary N) is 2. The molecule has 0 saturated carbocycles. The number of ether oxygens (including phenoxy) is 1. The molecule has 0 aliphatic carbocycles. The van der Waals surface area contributed by atoms with E-state index in [0.717, 1.165) is 11.6 Å². The highest BCUT2D eigenvalue weighted by Crippen LogP contribution is 2.31. The van der Waals surface area contributed by atoms with E-state index in [4.69, 9.17) is 9.15 Å². The average Bonchev–Trinajstić information content (AvgIpc) is 3.45. The van der Waals surface area contributed by atoms with Gasteiger partial charge in [0, 0.05) is 23.0 Å². The quantitative estimate of drug-likeness (QED) is 0.327. The van der Waals surface area contributed by atoms with Crippen LogP contribution in [0.1, 0.15) is 16.2 Å². The van der Waals surface area contributed by atoms with Crippen molar-refractivity contribution >= 4 is 39.7 Å². The minimum atomic E-state index is -4.53. The van der Waals surface area contributed by atoms with Gasteiger partial charge in [-0.3, -0.25) is 9.20 Å². The second kappa shape index (κ2) is 8.14. The lowest BCUT2D eigenvalue weighted by atomic mass is 10.2. The molecule has 0 fully saturated rings. The predicted octanol–water partition coefficient (Wildman–Crippen LogP) is 6.10. The number of alkyl halides is 3. The van der Waals surface area contributed by atoms with Gasteiger partial charge in [0.1, 0.15) is 11.5 Å². The van der Waals surface area contributed by atoms with E-state index < -0.39 is 17.8 Å². The van der Waals surface area contributed by atoms with Crippen LogP contribution in [0.5, 0.6) is 5.75 Å². The summed E-state index contributed by atoms with van der Waals surface area (Å²) in [5.74, 6) is 0.645. The van der Waals surface area contributed by atoms with Gasteiger partial charge in [-0.25, -0.2) is 4.98 Å². The van der Waals surface area contributed by atoms with Gasteiger partial charge in [-0.2, -0.15) is 13.2 Å². The van der Waals surface area contributed by atoms with Crippen molar-refractivity contribution < 1.29 is 27.1 Å². The summed E-state index contributed by atoms with van der Waals surface area (Å²) in [4.78, 5) is 16.2. The first-order chi connectivity index (χ1) is 16.3. The standard InChI is InChI=1S/C24H17F3N4O3/c1-33-17-5-2-4-14-12-18(34-22(14)17)23(32)29-16-10-8-15(9-11-16)28-20-6-3-7-21-30-19(13-31(20)21)24(25,26)27/h2-13,28H,1H3,(H,29,32). The van der Waals surface area contributed by atoms with Crippen molar-refractivity contribution in [1.82, 2.24) is 9.38 Å². The maximum absolute atomic E-state index is 13.0. The Bertz CT molecular complexity index is 1500. The molecule has 2 N–H and O–H groups in total. The van der Waals surface area contributed by atoms with Gasteiger partial charge in [0.05, 0.1) is 7.11 Å². The third-order valence-electron chi connectivity index (χ3n) is 5.15. The van der Waals surface area contributed by atoms with Gasteiger partial charge in [0.25, 0.3) is 5.91 Å². The van der Waals surface area contributed by atoms with E-state index >= 15 is 0 Å². The number of benzene rings is 2. The zero-order valence-electron chi connectivity index (χ0n) is 17.7. The number of hydrogen-bond acceptors (Lipinski definition) is 5. The fourth-order valence-corrected chi connectivity index (χ4v) is 3.54. The summed E-state index contributed by atoms with van der Waals surface area (Å²) < 4.78 is 51.3. The highest BCUT2D eigenvalue weighted by molar-refractivity contribution is 6.05. The predicted molar refractivity (Wildman–Crippen MR) is 121 cm³/mol. The molecule has 0 unspecified atom stereocenters. The lowest BCUT2D eigenvalue weighted by Crippen LogP contribution is -2.10. The Balaban J connectivity index is 1.33. The van der Waals surface area contributed by atoms with Crippen LogP contribution in [0.2, 0.25) is 0 Å². The van der Waals surface area contributed by atoms with Gasteiger partial charge in [-0.05, 0) is 48.5 Å². The van der Waals surface area contributed by atoms with E-state index in [0.29, 0.717) is 28.5 Å². The Labute approximate surface area is 190 Å². The van der Waals surface area contributed by atoms with E-state index in [9.17, 15) is 18.0 Å². The van der Waals surface area contributed by atoms with Crippen LogP contribution in [0, 0.1) is 0 Å². The molecule has 34 heavy (non-hydrogen) atoms. The monoisotopic (exact) mass is 466 g/mol. The minimum Gasteiger partial charge on any atom is -0.493 e. The number of amides is 1. The first-order valence-electron chi connectivity index (χ1n) is 10.1. The van der Waals surface area contributed by atoms with Crippen LogP contribution < -0.4 is 15.4 Å². The fraction of sp³-hybridized carbons (Fsp3) is 0.0833. The zero-order valence-corrected chi connectivity index (χ0v) is 17.7. The number of nitrogens with zero attached hydrogens (tertiary/aromatic N) is 2. The van der Waals surface area contributed by atoms with Crippen molar-refractivity contribution in [2.75, 3.05) is 17.7 Å². The summed E-state index contributed by atoms with van der Waals surface area (Å²) in [5, 5.41) is 6.56. The molecule has 7 nitrogen and oxygen atoms in total. The number of anilines is 3. The number of para-hydroxylation sites is 1. The van der Waals surface area contributed by atoms with Gasteiger partial charge >= 0.3 is 6.18 Å². The van der Waals surface area contributed by atoms with E-state index in [-0.39, 0.29) is 11.4 Å². The molecule has 3 heterocycles. The molecule has 0 saturated heterocycles. The molecule has 10 heteroatoms. The van der Waals surface area contributed by atoms with Crippen LogP contribution in [-0.4, -0.2) is 22.4 Å². The van der Waals surface area contributed by atoms with Gasteiger partial charge in [-0.15, -0.1) is 0 Å². The van der Waals surface area contributed by atoms with E-state index in [1.165, 1.54) is 17.6 Å². The number of carbonyl (C=O) groups excluding carboxylic acids is 1. The molecule has 0 atom stereocenters. The van der Waals surface area contributed by atoms with Crippen molar-refractivity contribution in [2.24, 2.45) is 0 Å². The maximum Gasteiger partial charge on any atom is 0.434 e. The number of imidazole rings is 1. The van der Waals surface area contributed by atoms with Gasteiger partial charge < -0.3 is 19.8 Å². The van der Waals surface area contributed by atoms with E-state index in [1.807, 2.05) is 6.07 Å². The van der Waals surface area contributed by atoms with Crippen molar-refractivity contribution in [3.8, 4) is 5.75 Å². The normalized spacial score (nSPS) is 11.6. The van der Waals surface area contributed by atoms with Crippen LogP contribution in [0.25, 0.3) is 16.6 Å². The maximum atomic E-state index is 13.0. The van der Waals surface area contributed by atoms with E-state index in [1.54, 1.807) is 54.6 Å². The number of hydrogen-bond donors (Lipinski definition) is 2. The van der Waals surface area contributed by atoms with Crippen LogP contribution in [-0.2, 0) is 6.18 Å². The number of methoxy groups -OCH3 is 1. The van der Waals surface area contributed by atoms with Crippen LogP contribution in [0.4, 0.5) is 30.4 Å². The molecular formula is C24H17F3N4O3. The highest BCUT2D eigenvalue weighted by Gasteiger charge is 2.34. The number of pyridine rings is 1. The molecular weight excluding hydrogens is 449 g/mol. The smallest absolute Gasteiger partial charge is 0.434 e. The van der Waals surface area contributed by atoms with E-state index in [2.05, 4.69) is 15.6 Å². The topological polar surface area (TPSA) is 80.8 Å². The van der Waals surface area contributed by atoms with Crippen molar-refractivity contribution in [2.45, 2.75) is 6.18 Å². The largest absolute Gasteiger partial charge is 0.493 e. The zero-order chi connectivity index (χ0) is 23.9. The number of furan rings is 1. The number of aromatic nitrogens is 2. The molecule has 1 amide bonds. The van der Waals surface area contributed by atoms with Crippen molar-refractivity contribution in [3.63, 3.8) is 0 Å². The first-order valence-corrected chi connectivity index (χ1v) is 10.1. The Morgan fingerprint density at radius 2 is 1.76 bits per heavy atom. The minimum absolute atomic E-state index is 0.133. The summed E-state index contributed by atoms with van der Waals surface area (Å²) in [6, 6.07) is 18.5. The molecule has 5 aromatic rings.